The van der Waals surface area contributed by atoms with Crippen molar-refractivity contribution >= 4 is 34.5 Å². The Morgan fingerprint density at radius 3 is 2.75 bits per heavy atom. The van der Waals surface area contributed by atoms with Crippen molar-refractivity contribution in [2.24, 2.45) is 0 Å². The van der Waals surface area contributed by atoms with E-state index in [1.54, 1.807) is 24.4 Å². The van der Waals surface area contributed by atoms with Gasteiger partial charge in [-0.05, 0) is 36.7 Å². The van der Waals surface area contributed by atoms with Crippen molar-refractivity contribution in [2.45, 2.75) is 13.0 Å². The average molecular weight is 381 g/mol. The highest BCUT2D eigenvalue weighted by atomic mass is 35.5. The summed E-state index contributed by atoms with van der Waals surface area (Å²) in [6.45, 7) is 1.42. The van der Waals surface area contributed by atoms with Crippen molar-refractivity contribution in [3.63, 3.8) is 0 Å². The molecule has 0 bridgehead atoms. The Morgan fingerprint density at radius 2 is 1.96 bits per heavy atom. The van der Waals surface area contributed by atoms with Gasteiger partial charge >= 0.3 is 0 Å². The van der Waals surface area contributed by atoms with E-state index < -0.39 is 0 Å². The third kappa shape index (κ3) is 4.33. The number of hydrogen-bond donors (Lipinski definition) is 1. The Labute approximate surface area is 154 Å². The van der Waals surface area contributed by atoms with Gasteiger partial charge in [-0.2, -0.15) is 0 Å². The Bertz CT molecular complexity index is 835. The van der Waals surface area contributed by atoms with Gasteiger partial charge in [-0.1, -0.05) is 47.5 Å². The molecule has 0 spiro atoms. The Morgan fingerprint density at radius 1 is 1.12 bits per heavy atom. The van der Waals surface area contributed by atoms with Crippen LogP contribution >= 0.6 is 34.5 Å². The molecule has 0 fully saturated rings. The standard InChI is InChI=1S/C18H15Cl2FN2S/c19-13-6-5-12(15(20)9-13)7-8-22-11-18-23-10-17(24-18)14-3-1-2-4-16(14)21/h1-6,9-10,22H,7-8,11H2. The number of nitrogens with zero attached hydrogens (tertiary/aromatic N) is 1. The van der Waals surface area contributed by atoms with Gasteiger partial charge in [0, 0.05) is 28.4 Å². The monoisotopic (exact) mass is 380 g/mol. The summed E-state index contributed by atoms with van der Waals surface area (Å²) in [6, 6.07) is 12.3. The summed E-state index contributed by atoms with van der Waals surface area (Å²) in [4.78, 5) is 5.19. The van der Waals surface area contributed by atoms with Crippen LogP contribution in [0.15, 0.2) is 48.7 Å². The lowest BCUT2D eigenvalue weighted by Gasteiger charge is -2.05. The highest BCUT2D eigenvalue weighted by Crippen LogP contribution is 2.28. The summed E-state index contributed by atoms with van der Waals surface area (Å²) < 4.78 is 13.8. The highest BCUT2D eigenvalue weighted by Gasteiger charge is 2.08. The average Bonchev–Trinajstić information content (AvgIpc) is 3.02. The van der Waals surface area contributed by atoms with Crippen LogP contribution in [-0.4, -0.2) is 11.5 Å². The lowest BCUT2D eigenvalue weighted by Crippen LogP contribution is -2.16. The van der Waals surface area contributed by atoms with Crippen LogP contribution in [0.4, 0.5) is 4.39 Å². The quantitative estimate of drug-likeness (QED) is 0.563. The zero-order chi connectivity index (χ0) is 16.9. The van der Waals surface area contributed by atoms with Crippen LogP contribution in [0, 0.1) is 5.82 Å². The Hall–Kier alpha value is -1.46. The lowest BCUT2D eigenvalue weighted by atomic mass is 10.1. The van der Waals surface area contributed by atoms with E-state index in [0.717, 1.165) is 28.4 Å². The van der Waals surface area contributed by atoms with E-state index in [2.05, 4.69) is 10.3 Å². The van der Waals surface area contributed by atoms with Crippen molar-refractivity contribution in [3.05, 3.63) is 75.1 Å². The molecule has 6 heteroatoms. The van der Waals surface area contributed by atoms with Crippen LogP contribution in [-0.2, 0) is 13.0 Å². The molecule has 0 radical (unpaired) electrons. The maximum Gasteiger partial charge on any atom is 0.131 e. The molecule has 0 unspecified atom stereocenters. The van der Waals surface area contributed by atoms with E-state index in [9.17, 15) is 4.39 Å². The van der Waals surface area contributed by atoms with Crippen LogP contribution in [0.25, 0.3) is 10.4 Å². The van der Waals surface area contributed by atoms with Crippen molar-refractivity contribution in [1.29, 1.82) is 0 Å². The molecule has 2 aromatic carbocycles. The molecule has 3 rings (SSSR count). The van der Waals surface area contributed by atoms with Crippen molar-refractivity contribution in [1.82, 2.24) is 10.3 Å². The fraction of sp³-hybridized carbons (Fsp3) is 0.167. The van der Waals surface area contributed by atoms with Gasteiger partial charge in [-0.25, -0.2) is 9.37 Å². The number of nitrogens with one attached hydrogen (secondary N) is 1. The minimum absolute atomic E-state index is 0.224. The Kier molecular flexibility index (Phi) is 5.85. The maximum absolute atomic E-state index is 13.8. The van der Waals surface area contributed by atoms with E-state index >= 15 is 0 Å². The van der Waals surface area contributed by atoms with Crippen molar-refractivity contribution < 1.29 is 4.39 Å². The summed E-state index contributed by atoms with van der Waals surface area (Å²) >= 11 is 13.5. The first-order valence-electron chi connectivity index (χ1n) is 7.48. The van der Waals surface area contributed by atoms with Gasteiger partial charge in [0.05, 0.1) is 4.88 Å². The van der Waals surface area contributed by atoms with Gasteiger partial charge in [0.15, 0.2) is 0 Å². The second-order valence-corrected chi connectivity index (χ2v) is 7.22. The van der Waals surface area contributed by atoms with Crippen LogP contribution in [0.3, 0.4) is 0 Å². The topological polar surface area (TPSA) is 24.9 Å². The molecule has 0 saturated heterocycles. The molecule has 0 atom stereocenters. The molecule has 0 aliphatic carbocycles. The maximum atomic E-state index is 13.8. The van der Waals surface area contributed by atoms with Gasteiger partial charge < -0.3 is 5.32 Å². The molecule has 0 amide bonds. The van der Waals surface area contributed by atoms with E-state index in [4.69, 9.17) is 23.2 Å². The van der Waals surface area contributed by atoms with Gasteiger partial charge in [0.25, 0.3) is 0 Å². The first kappa shape index (κ1) is 17.4. The summed E-state index contributed by atoms with van der Waals surface area (Å²) in [7, 11) is 0. The Balaban J connectivity index is 1.54. The van der Waals surface area contributed by atoms with E-state index in [0.29, 0.717) is 22.2 Å². The van der Waals surface area contributed by atoms with Crippen LogP contribution in [0.1, 0.15) is 10.6 Å². The fourth-order valence-electron chi connectivity index (χ4n) is 2.32. The third-order valence-electron chi connectivity index (χ3n) is 3.56. The number of aromatic nitrogens is 1. The van der Waals surface area contributed by atoms with Crippen LogP contribution < -0.4 is 5.32 Å². The first-order valence-corrected chi connectivity index (χ1v) is 9.05. The molecule has 1 N–H and O–H groups in total. The van der Waals surface area contributed by atoms with E-state index in [1.165, 1.54) is 17.4 Å². The normalized spacial score (nSPS) is 11.0. The molecule has 0 aliphatic heterocycles. The molecule has 0 saturated carbocycles. The van der Waals surface area contributed by atoms with Crippen LogP contribution in [0.2, 0.25) is 10.0 Å². The molecule has 24 heavy (non-hydrogen) atoms. The number of thiazole rings is 1. The van der Waals surface area contributed by atoms with Crippen molar-refractivity contribution in [2.75, 3.05) is 6.54 Å². The highest BCUT2D eigenvalue weighted by molar-refractivity contribution is 7.15. The second kappa shape index (κ2) is 8.08. The molecular formula is C18H15Cl2FN2S. The van der Waals surface area contributed by atoms with Crippen molar-refractivity contribution in [3.8, 4) is 10.4 Å². The summed E-state index contributed by atoms with van der Waals surface area (Å²) in [5.41, 5.74) is 1.65. The molecule has 124 valence electrons. The minimum atomic E-state index is -0.224. The predicted octanol–water partition coefficient (Wildman–Crippen LogP) is 5.59. The smallest absolute Gasteiger partial charge is 0.131 e. The summed E-state index contributed by atoms with van der Waals surface area (Å²) in [5.74, 6) is -0.224. The van der Waals surface area contributed by atoms with Crippen LogP contribution in [0.5, 0.6) is 0 Å². The largest absolute Gasteiger partial charge is 0.310 e. The second-order valence-electron chi connectivity index (χ2n) is 5.26. The molecular weight excluding hydrogens is 366 g/mol. The zero-order valence-electron chi connectivity index (χ0n) is 12.7. The molecule has 1 aromatic heterocycles. The number of benzene rings is 2. The first-order chi connectivity index (χ1) is 11.6. The van der Waals surface area contributed by atoms with Gasteiger partial charge in [0.2, 0.25) is 0 Å². The van der Waals surface area contributed by atoms with Gasteiger partial charge in [-0.15, -0.1) is 11.3 Å². The van der Waals surface area contributed by atoms with Gasteiger partial charge in [0.1, 0.15) is 10.8 Å². The zero-order valence-corrected chi connectivity index (χ0v) is 15.1. The van der Waals surface area contributed by atoms with Gasteiger partial charge in [-0.3, -0.25) is 0 Å². The summed E-state index contributed by atoms with van der Waals surface area (Å²) in [5, 5.41) is 5.58. The number of rotatable bonds is 6. The SMILES string of the molecule is Fc1ccccc1-c1cnc(CNCCc2ccc(Cl)cc2Cl)s1. The van der Waals surface area contributed by atoms with E-state index in [1.807, 2.05) is 18.2 Å². The minimum Gasteiger partial charge on any atom is -0.310 e. The third-order valence-corrected chi connectivity index (χ3v) is 5.17. The number of halogens is 3. The molecule has 3 aromatic rings. The number of hydrogen-bond acceptors (Lipinski definition) is 3. The molecule has 1 heterocycles. The van der Waals surface area contributed by atoms with E-state index in [-0.39, 0.29) is 5.82 Å². The fourth-order valence-corrected chi connectivity index (χ4v) is 3.74. The lowest BCUT2D eigenvalue weighted by molar-refractivity contribution is 0.631. The predicted molar refractivity (Wildman–Crippen MR) is 99.4 cm³/mol. The molecule has 2 nitrogen and oxygen atoms in total. The molecule has 0 aliphatic rings. The summed E-state index contributed by atoms with van der Waals surface area (Å²) in [6.07, 6.45) is 2.53.